The predicted octanol–water partition coefficient (Wildman–Crippen LogP) is 17.3. The lowest BCUT2D eigenvalue weighted by Gasteiger charge is -2.44. The minimum absolute atomic E-state index is 0.0325. The molecule has 0 saturated carbocycles. The van der Waals surface area contributed by atoms with E-state index in [4.69, 9.17) is 0 Å². The van der Waals surface area contributed by atoms with Crippen molar-refractivity contribution in [2.45, 2.75) is 52.4 Å². The van der Waals surface area contributed by atoms with Gasteiger partial charge in [-0.25, -0.2) is 0 Å². The van der Waals surface area contributed by atoms with Crippen LogP contribution in [0.1, 0.15) is 52.7 Å². The summed E-state index contributed by atoms with van der Waals surface area (Å²) in [4.78, 5) is 5.03. The van der Waals surface area contributed by atoms with Crippen molar-refractivity contribution in [2.75, 3.05) is 9.80 Å². The lowest BCUT2D eigenvalue weighted by atomic mass is 9.33. The lowest BCUT2D eigenvalue weighted by Crippen LogP contribution is -2.61. The minimum atomic E-state index is -0.0534. The molecule has 2 heterocycles. The number of fused-ring (bicyclic) bond motifs is 6. The van der Waals surface area contributed by atoms with Crippen molar-refractivity contribution in [3.63, 3.8) is 0 Å². The number of hydrogen-bond acceptors (Lipinski definition) is 2. The SMILES string of the molecule is CC(C)(C)c1cc(-c2cc(-c3cc4c5c(c3)N(c3ccccc3)c3ccccc3B5c3ccccc3N4c3ccccc3)cc(-c3c4ccccc4c(-c4ccccc4)c4ccccc34)c2)cc(C(C)(C)C)c1. The summed E-state index contributed by atoms with van der Waals surface area (Å²) in [6.45, 7) is 14.1. The highest BCUT2D eigenvalue weighted by Gasteiger charge is 2.43. The molecular weight excluding hydrogens is 880 g/mol. The van der Waals surface area contributed by atoms with Gasteiger partial charge in [-0.1, -0.05) is 211 Å². The summed E-state index contributed by atoms with van der Waals surface area (Å²) < 4.78 is 0. The van der Waals surface area contributed by atoms with E-state index < -0.39 is 0 Å². The number of rotatable bonds is 6. The Balaban J connectivity index is 1.16. The quantitative estimate of drug-likeness (QED) is 0.121. The van der Waals surface area contributed by atoms with Gasteiger partial charge in [-0.15, -0.1) is 0 Å². The van der Waals surface area contributed by atoms with Gasteiger partial charge in [0.05, 0.1) is 0 Å². The Morgan fingerprint density at radius 1 is 0.288 bits per heavy atom. The fourth-order valence-electron chi connectivity index (χ4n) is 11.9. The van der Waals surface area contributed by atoms with Crippen LogP contribution in [0.2, 0.25) is 0 Å². The fourth-order valence-corrected chi connectivity index (χ4v) is 11.9. The van der Waals surface area contributed by atoms with E-state index in [0.717, 1.165) is 16.9 Å². The van der Waals surface area contributed by atoms with Crippen LogP contribution in [0.4, 0.5) is 34.1 Å². The first-order chi connectivity index (χ1) is 35.5. The van der Waals surface area contributed by atoms with Crippen molar-refractivity contribution >= 4 is 78.8 Å². The molecule has 73 heavy (non-hydrogen) atoms. The second-order valence-corrected chi connectivity index (χ2v) is 22.1. The molecule has 13 rings (SSSR count). The Bertz CT molecular complexity index is 3740. The molecule has 0 fully saturated rings. The van der Waals surface area contributed by atoms with Crippen molar-refractivity contribution < 1.29 is 0 Å². The molecule has 2 nitrogen and oxygen atoms in total. The number of para-hydroxylation sites is 4. The van der Waals surface area contributed by atoms with Gasteiger partial charge in [-0.05, 0) is 171 Å². The van der Waals surface area contributed by atoms with E-state index in [0.29, 0.717) is 0 Å². The Morgan fingerprint density at radius 3 is 1.07 bits per heavy atom. The van der Waals surface area contributed by atoms with E-state index in [-0.39, 0.29) is 17.5 Å². The molecule has 11 aromatic carbocycles. The summed E-state index contributed by atoms with van der Waals surface area (Å²) in [6, 6.07) is 88.8. The van der Waals surface area contributed by atoms with Crippen molar-refractivity contribution in [1.82, 2.24) is 0 Å². The number of benzene rings is 11. The van der Waals surface area contributed by atoms with Crippen LogP contribution in [0.15, 0.2) is 237 Å². The standard InChI is InChI=1S/C70H57BN2/c1-69(2,3)52-41-49(42-53(45-52)70(4,5)6)47-38-48(40-51(39-47)67-58-32-18-16-30-56(58)66(46-24-10-7-11-25-46)57-31-17-19-33-59(57)67)50-43-64-68-65(44-50)73(55-28-14-9-15-29-55)63-37-23-21-35-61(63)71(68)60-34-20-22-36-62(60)72(64)54-26-12-8-13-27-54/h7-45H,1-6H3. The zero-order valence-electron chi connectivity index (χ0n) is 42.5. The van der Waals surface area contributed by atoms with Gasteiger partial charge in [-0.3, -0.25) is 0 Å². The van der Waals surface area contributed by atoms with E-state index in [1.165, 1.54) is 111 Å². The third-order valence-corrected chi connectivity index (χ3v) is 15.5. The van der Waals surface area contributed by atoms with Crippen LogP contribution in [-0.2, 0) is 10.8 Å². The van der Waals surface area contributed by atoms with Gasteiger partial charge in [0.25, 0.3) is 6.71 Å². The monoisotopic (exact) mass is 936 g/mol. The van der Waals surface area contributed by atoms with E-state index in [9.17, 15) is 0 Å². The summed E-state index contributed by atoms with van der Waals surface area (Å²) in [5.41, 5.74) is 23.3. The summed E-state index contributed by atoms with van der Waals surface area (Å²) in [5, 5.41) is 4.98. The highest BCUT2D eigenvalue weighted by Crippen LogP contribution is 2.49. The summed E-state index contributed by atoms with van der Waals surface area (Å²) >= 11 is 0. The van der Waals surface area contributed by atoms with Gasteiger partial charge in [-0.2, -0.15) is 0 Å². The highest BCUT2D eigenvalue weighted by molar-refractivity contribution is 7.00. The molecule has 0 spiro atoms. The summed E-state index contributed by atoms with van der Waals surface area (Å²) in [7, 11) is 0. The molecule has 0 amide bonds. The average molecular weight is 937 g/mol. The zero-order chi connectivity index (χ0) is 49.6. The zero-order valence-corrected chi connectivity index (χ0v) is 42.5. The normalized spacial score (nSPS) is 13.0. The van der Waals surface area contributed by atoms with Crippen LogP contribution in [0.3, 0.4) is 0 Å². The predicted molar refractivity (Wildman–Crippen MR) is 315 cm³/mol. The summed E-state index contributed by atoms with van der Waals surface area (Å²) in [6.07, 6.45) is 0. The Kier molecular flexibility index (Phi) is 10.5. The third kappa shape index (κ3) is 7.48. The van der Waals surface area contributed by atoms with E-state index >= 15 is 0 Å². The van der Waals surface area contributed by atoms with E-state index in [1.54, 1.807) is 0 Å². The maximum Gasteiger partial charge on any atom is 0.252 e. The first kappa shape index (κ1) is 44.5. The molecule has 0 saturated heterocycles. The molecular formula is C70H57BN2. The van der Waals surface area contributed by atoms with Gasteiger partial charge in [0, 0.05) is 34.1 Å². The second-order valence-electron chi connectivity index (χ2n) is 22.1. The van der Waals surface area contributed by atoms with Crippen molar-refractivity contribution in [3.05, 3.63) is 248 Å². The molecule has 0 N–H and O–H groups in total. The highest BCUT2D eigenvalue weighted by atomic mass is 15.2. The van der Waals surface area contributed by atoms with Crippen LogP contribution in [0.25, 0.3) is 66.1 Å². The van der Waals surface area contributed by atoms with Crippen molar-refractivity contribution in [3.8, 4) is 44.5 Å². The number of anilines is 6. The molecule has 0 radical (unpaired) electrons. The topological polar surface area (TPSA) is 6.48 Å². The van der Waals surface area contributed by atoms with Crippen LogP contribution in [-0.4, -0.2) is 6.71 Å². The Labute approximate surface area is 431 Å². The largest absolute Gasteiger partial charge is 0.311 e. The number of hydrogen-bond donors (Lipinski definition) is 0. The Hall–Kier alpha value is -8.40. The molecule has 11 aromatic rings. The fraction of sp³-hybridized carbons (Fsp3) is 0.114. The van der Waals surface area contributed by atoms with Crippen LogP contribution < -0.4 is 26.2 Å². The van der Waals surface area contributed by atoms with E-state index in [1.807, 2.05) is 0 Å². The van der Waals surface area contributed by atoms with Gasteiger partial charge in [0.1, 0.15) is 0 Å². The molecule has 3 heteroatoms. The third-order valence-electron chi connectivity index (χ3n) is 15.5. The van der Waals surface area contributed by atoms with Gasteiger partial charge in [0.15, 0.2) is 0 Å². The molecule has 0 aliphatic carbocycles. The summed E-state index contributed by atoms with van der Waals surface area (Å²) in [5.74, 6) is 0. The van der Waals surface area contributed by atoms with E-state index in [2.05, 4.69) is 288 Å². The van der Waals surface area contributed by atoms with Crippen molar-refractivity contribution in [1.29, 1.82) is 0 Å². The first-order valence-corrected chi connectivity index (χ1v) is 25.9. The number of nitrogens with zero attached hydrogens (tertiary/aromatic N) is 2. The molecule has 350 valence electrons. The smallest absolute Gasteiger partial charge is 0.252 e. The van der Waals surface area contributed by atoms with Crippen LogP contribution >= 0.6 is 0 Å². The maximum absolute atomic E-state index is 2.52. The second kappa shape index (κ2) is 17.1. The maximum atomic E-state index is 2.52. The Morgan fingerprint density at radius 2 is 0.630 bits per heavy atom. The molecule has 0 bridgehead atoms. The van der Waals surface area contributed by atoms with Crippen LogP contribution in [0.5, 0.6) is 0 Å². The molecule has 0 unspecified atom stereocenters. The van der Waals surface area contributed by atoms with Crippen molar-refractivity contribution in [2.24, 2.45) is 0 Å². The minimum Gasteiger partial charge on any atom is -0.311 e. The molecule has 0 atom stereocenters. The van der Waals surface area contributed by atoms with Gasteiger partial charge >= 0.3 is 0 Å². The first-order valence-electron chi connectivity index (χ1n) is 25.9. The van der Waals surface area contributed by atoms with Gasteiger partial charge < -0.3 is 9.80 Å². The van der Waals surface area contributed by atoms with Gasteiger partial charge in [0.2, 0.25) is 0 Å². The molecule has 2 aliphatic heterocycles. The molecule has 2 aliphatic rings. The molecule has 0 aromatic heterocycles. The average Bonchev–Trinajstić information content (AvgIpc) is 3.42. The lowest BCUT2D eigenvalue weighted by molar-refractivity contribution is 0.569. The van der Waals surface area contributed by atoms with Crippen LogP contribution in [0, 0.1) is 0 Å².